The Kier molecular flexibility index (Phi) is 3.39. The Morgan fingerprint density at radius 3 is 2.85 bits per heavy atom. The van der Waals surface area contributed by atoms with Gasteiger partial charge < -0.3 is 10.6 Å². The summed E-state index contributed by atoms with van der Waals surface area (Å²) in [5.74, 6) is 0.511. The highest BCUT2D eigenvalue weighted by Gasteiger charge is 2.18. The molecule has 0 unspecified atom stereocenters. The first kappa shape index (κ1) is 12.7. The molecular formula is C14H15N5O. The fourth-order valence-corrected chi connectivity index (χ4v) is 2.27. The number of nitrogens with one attached hydrogen (secondary N) is 2. The van der Waals surface area contributed by atoms with Gasteiger partial charge in [0.15, 0.2) is 0 Å². The van der Waals surface area contributed by atoms with Crippen molar-refractivity contribution in [3.8, 4) is 0 Å². The number of aromatic nitrogens is 3. The largest absolute Gasteiger partial charge is 0.319 e. The molecule has 0 bridgehead atoms. The summed E-state index contributed by atoms with van der Waals surface area (Å²) in [4.78, 5) is 24.6. The van der Waals surface area contributed by atoms with Crippen LogP contribution < -0.4 is 10.6 Å². The summed E-state index contributed by atoms with van der Waals surface area (Å²) in [6.45, 7) is 3.44. The number of hydrogen-bond acceptors (Lipinski definition) is 5. The molecule has 0 atom stereocenters. The van der Waals surface area contributed by atoms with Crippen molar-refractivity contribution in [1.82, 2.24) is 20.3 Å². The van der Waals surface area contributed by atoms with Crippen LogP contribution in [0.25, 0.3) is 0 Å². The Labute approximate surface area is 116 Å². The molecule has 0 radical (unpaired) electrons. The summed E-state index contributed by atoms with van der Waals surface area (Å²) >= 11 is 0. The van der Waals surface area contributed by atoms with E-state index in [4.69, 9.17) is 0 Å². The predicted octanol–water partition coefficient (Wildman–Crippen LogP) is 1.08. The SMILES string of the molecule is Cc1ncc(NC(=O)c2cncc3c2CCNC3)cn1. The highest BCUT2D eigenvalue weighted by molar-refractivity contribution is 6.05. The molecule has 0 aliphatic carbocycles. The maximum absolute atomic E-state index is 12.3. The third kappa shape index (κ3) is 2.50. The second-order valence-electron chi connectivity index (χ2n) is 4.72. The van der Waals surface area contributed by atoms with E-state index in [9.17, 15) is 4.79 Å². The lowest BCUT2D eigenvalue weighted by Gasteiger charge is -2.19. The average molecular weight is 269 g/mol. The van der Waals surface area contributed by atoms with E-state index in [0.717, 1.165) is 30.6 Å². The molecule has 6 nitrogen and oxygen atoms in total. The van der Waals surface area contributed by atoms with Crippen LogP contribution >= 0.6 is 0 Å². The van der Waals surface area contributed by atoms with Crippen LogP contribution in [-0.2, 0) is 13.0 Å². The number of carbonyl (C=O) groups is 1. The molecule has 2 N–H and O–H groups in total. The molecule has 0 aromatic carbocycles. The van der Waals surface area contributed by atoms with Crippen LogP contribution in [-0.4, -0.2) is 27.4 Å². The van der Waals surface area contributed by atoms with E-state index >= 15 is 0 Å². The zero-order valence-corrected chi connectivity index (χ0v) is 11.2. The van der Waals surface area contributed by atoms with Crippen LogP contribution in [0.15, 0.2) is 24.8 Å². The van der Waals surface area contributed by atoms with Gasteiger partial charge in [0.2, 0.25) is 0 Å². The van der Waals surface area contributed by atoms with Crippen LogP contribution in [0.1, 0.15) is 27.3 Å². The van der Waals surface area contributed by atoms with Crippen molar-refractivity contribution in [3.63, 3.8) is 0 Å². The van der Waals surface area contributed by atoms with Crippen molar-refractivity contribution in [1.29, 1.82) is 0 Å². The summed E-state index contributed by atoms with van der Waals surface area (Å²) in [5, 5.41) is 6.08. The Hall–Kier alpha value is -2.34. The van der Waals surface area contributed by atoms with Gasteiger partial charge in [-0.05, 0) is 31.0 Å². The van der Waals surface area contributed by atoms with Crippen molar-refractivity contribution in [2.75, 3.05) is 11.9 Å². The molecule has 20 heavy (non-hydrogen) atoms. The normalized spacial score (nSPS) is 13.7. The smallest absolute Gasteiger partial charge is 0.257 e. The third-order valence-corrected chi connectivity index (χ3v) is 3.30. The van der Waals surface area contributed by atoms with E-state index in [-0.39, 0.29) is 5.91 Å². The van der Waals surface area contributed by atoms with Gasteiger partial charge in [-0.2, -0.15) is 0 Å². The van der Waals surface area contributed by atoms with Crippen molar-refractivity contribution >= 4 is 11.6 Å². The molecule has 0 spiro atoms. The Morgan fingerprint density at radius 2 is 2.05 bits per heavy atom. The minimum atomic E-state index is -0.163. The molecule has 102 valence electrons. The summed E-state index contributed by atoms with van der Waals surface area (Å²) in [6.07, 6.45) is 7.47. The van der Waals surface area contributed by atoms with Gasteiger partial charge in [0.05, 0.1) is 23.6 Å². The van der Waals surface area contributed by atoms with Gasteiger partial charge in [-0.3, -0.25) is 9.78 Å². The molecule has 0 saturated heterocycles. The lowest BCUT2D eigenvalue weighted by atomic mass is 9.98. The molecule has 0 saturated carbocycles. The lowest BCUT2D eigenvalue weighted by molar-refractivity contribution is 0.102. The van der Waals surface area contributed by atoms with E-state index in [1.54, 1.807) is 25.5 Å². The van der Waals surface area contributed by atoms with E-state index in [0.29, 0.717) is 17.1 Å². The monoisotopic (exact) mass is 269 g/mol. The molecule has 6 heteroatoms. The van der Waals surface area contributed by atoms with Gasteiger partial charge in [-0.25, -0.2) is 9.97 Å². The van der Waals surface area contributed by atoms with Crippen molar-refractivity contribution in [2.24, 2.45) is 0 Å². The second kappa shape index (κ2) is 5.34. The fourth-order valence-electron chi connectivity index (χ4n) is 2.27. The standard InChI is InChI=1S/C14H15N5O/c1-9-17-6-11(7-18-9)19-14(20)13-8-16-5-10-4-15-3-2-12(10)13/h5-8,15H,2-4H2,1H3,(H,19,20). The fraction of sp³-hybridized carbons (Fsp3) is 0.286. The van der Waals surface area contributed by atoms with E-state index in [1.807, 2.05) is 6.20 Å². The highest BCUT2D eigenvalue weighted by Crippen LogP contribution is 2.18. The number of nitrogens with zero attached hydrogens (tertiary/aromatic N) is 3. The van der Waals surface area contributed by atoms with Crippen LogP contribution in [0.2, 0.25) is 0 Å². The Balaban J connectivity index is 1.85. The van der Waals surface area contributed by atoms with Gasteiger partial charge in [0.25, 0.3) is 5.91 Å². The van der Waals surface area contributed by atoms with Crippen molar-refractivity contribution < 1.29 is 4.79 Å². The van der Waals surface area contributed by atoms with Gasteiger partial charge >= 0.3 is 0 Å². The zero-order valence-electron chi connectivity index (χ0n) is 11.2. The minimum absolute atomic E-state index is 0.163. The molecule has 1 aliphatic rings. The number of amides is 1. The van der Waals surface area contributed by atoms with Crippen LogP contribution in [0, 0.1) is 6.92 Å². The topological polar surface area (TPSA) is 79.8 Å². The minimum Gasteiger partial charge on any atom is -0.319 e. The number of aryl methyl sites for hydroxylation is 1. The summed E-state index contributed by atoms with van der Waals surface area (Å²) in [7, 11) is 0. The number of anilines is 1. The van der Waals surface area contributed by atoms with Crippen LogP contribution in [0.5, 0.6) is 0 Å². The molecule has 1 aliphatic heterocycles. The maximum atomic E-state index is 12.3. The van der Waals surface area contributed by atoms with Crippen molar-refractivity contribution in [2.45, 2.75) is 19.9 Å². The van der Waals surface area contributed by atoms with Gasteiger partial charge in [-0.1, -0.05) is 0 Å². The molecule has 0 fully saturated rings. The van der Waals surface area contributed by atoms with Gasteiger partial charge in [0.1, 0.15) is 5.82 Å². The third-order valence-electron chi connectivity index (χ3n) is 3.30. The first-order valence-corrected chi connectivity index (χ1v) is 6.50. The van der Waals surface area contributed by atoms with Gasteiger partial charge in [-0.15, -0.1) is 0 Å². The molecule has 3 rings (SSSR count). The van der Waals surface area contributed by atoms with Gasteiger partial charge in [0, 0.05) is 18.9 Å². The number of fused-ring (bicyclic) bond motifs is 1. The number of rotatable bonds is 2. The molecular weight excluding hydrogens is 254 g/mol. The summed E-state index contributed by atoms with van der Waals surface area (Å²) in [5.41, 5.74) is 3.38. The Bertz CT molecular complexity index is 639. The average Bonchev–Trinajstić information content (AvgIpc) is 2.49. The zero-order chi connectivity index (χ0) is 13.9. The second-order valence-corrected chi connectivity index (χ2v) is 4.72. The lowest BCUT2D eigenvalue weighted by Crippen LogP contribution is -2.27. The quantitative estimate of drug-likeness (QED) is 0.852. The molecule has 2 aromatic heterocycles. The highest BCUT2D eigenvalue weighted by atomic mass is 16.1. The number of hydrogen-bond donors (Lipinski definition) is 2. The molecule has 3 heterocycles. The molecule has 2 aromatic rings. The first-order chi connectivity index (χ1) is 9.74. The predicted molar refractivity (Wildman–Crippen MR) is 74.4 cm³/mol. The number of carbonyl (C=O) groups excluding carboxylic acids is 1. The number of pyridine rings is 1. The first-order valence-electron chi connectivity index (χ1n) is 6.50. The summed E-state index contributed by atoms with van der Waals surface area (Å²) < 4.78 is 0. The maximum Gasteiger partial charge on any atom is 0.257 e. The molecule has 1 amide bonds. The van der Waals surface area contributed by atoms with Crippen molar-refractivity contribution in [3.05, 3.63) is 47.3 Å². The summed E-state index contributed by atoms with van der Waals surface area (Å²) in [6, 6.07) is 0. The van der Waals surface area contributed by atoms with Crippen LogP contribution in [0.3, 0.4) is 0 Å². The van der Waals surface area contributed by atoms with E-state index < -0.39 is 0 Å². The van der Waals surface area contributed by atoms with E-state index in [1.165, 1.54) is 0 Å². The Morgan fingerprint density at radius 1 is 1.25 bits per heavy atom. The van der Waals surface area contributed by atoms with E-state index in [2.05, 4.69) is 25.6 Å². The van der Waals surface area contributed by atoms with Crippen LogP contribution in [0.4, 0.5) is 5.69 Å².